The fourth-order valence-corrected chi connectivity index (χ4v) is 2.33. The minimum Gasteiger partial charge on any atom is -0.299 e. The summed E-state index contributed by atoms with van der Waals surface area (Å²) in [6, 6.07) is 7.70. The van der Waals surface area contributed by atoms with Crippen molar-refractivity contribution in [2.75, 3.05) is 0 Å². The monoisotopic (exact) mass is 222 g/mol. The molecule has 0 aliphatic heterocycles. The van der Waals surface area contributed by atoms with Gasteiger partial charge in [-0.15, -0.1) is 0 Å². The van der Waals surface area contributed by atoms with E-state index in [0.29, 0.717) is 5.78 Å². The van der Waals surface area contributed by atoms with E-state index in [4.69, 9.17) is 11.6 Å². The zero-order valence-corrected chi connectivity index (χ0v) is 9.46. The number of hydrogen-bond acceptors (Lipinski definition) is 1. The Hall–Kier alpha value is -0.820. The molecule has 2 rings (SSSR count). The number of halogens is 1. The average Bonchev–Trinajstić information content (AvgIpc) is 2.44. The topological polar surface area (TPSA) is 17.1 Å². The van der Waals surface area contributed by atoms with Gasteiger partial charge in [-0.25, -0.2) is 0 Å². The standard InChI is InChI=1S/C13H15ClO/c14-11-8-6-10(7-9-11)12-4-2-1-3-5-13(12)15/h6-9,12H,1-5H2. The highest BCUT2D eigenvalue weighted by Crippen LogP contribution is 2.29. The van der Waals surface area contributed by atoms with Gasteiger partial charge in [0.15, 0.2) is 0 Å². The number of Topliss-reactive ketones (excluding diaryl/α,β-unsaturated/α-hetero) is 1. The van der Waals surface area contributed by atoms with Crippen LogP contribution in [0.1, 0.15) is 43.6 Å². The van der Waals surface area contributed by atoms with Crippen molar-refractivity contribution in [1.29, 1.82) is 0 Å². The molecule has 0 heterocycles. The van der Waals surface area contributed by atoms with Crippen LogP contribution in [0.25, 0.3) is 0 Å². The van der Waals surface area contributed by atoms with E-state index in [1.54, 1.807) is 0 Å². The molecule has 1 saturated carbocycles. The number of rotatable bonds is 1. The van der Waals surface area contributed by atoms with Gasteiger partial charge in [-0.1, -0.05) is 36.6 Å². The van der Waals surface area contributed by atoms with Crippen molar-refractivity contribution in [2.45, 2.75) is 38.0 Å². The zero-order chi connectivity index (χ0) is 10.7. The molecule has 1 atom stereocenters. The highest BCUT2D eigenvalue weighted by atomic mass is 35.5. The Balaban J connectivity index is 2.20. The maximum Gasteiger partial charge on any atom is 0.140 e. The molecule has 0 saturated heterocycles. The molecule has 1 unspecified atom stereocenters. The van der Waals surface area contributed by atoms with Gasteiger partial charge >= 0.3 is 0 Å². The first kappa shape index (κ1) is 10.7. The maximum atomic E-state index is 11.9. The molecular formula is C13H15ClO. The van der Waals surface area contributed by atoms with Gasteiger partial charge in [-0.3, -0.25) is 4.79 Å². The molecular weight excluding hydrogens is 208 g/mol. The van der Waals surface area contributed by atoms with Crippen molar-refractivity contribution in [1.82, 2.24) is 0 Å². The third-order valence-corrected chi connectivity index (χ3v) is 3.33. The molecule has 2 heteroatoms. The van der Waals surface area contributed by atoms with Gasteiger partial charge < -0.3 is 0 Å². The lowest BCUT2D eigenvalue weighted by atomic mass is 9.91. The summed E-state index contributed by atoms with van der Waals surface area (Å²) in [7, 11) is 0. The molecule has 1 aromatic carbocycles. The third kappa shape index (κ3) is 2.60. The van der Waals surface area contributed by atoms with Gasteiger partial charge in [-0.05, 0) is 30.5 Å². The van der Waals surface area contributed by atoms with Gasteiger partial charge in [-0.2, -0.15) is 0 Å². The Morgan fingerprint density at radius 2 is 1.80 bits per heavy atom. The van der Waals surface area contributed by atoms with E-state index in [9.17, 15) is 4.79 Å². The smallest absolute Gasteiger partial charge is 0.140 e. The molecule has 0 spiro atoms. The molecule has 1 nitrogen and oxygen atoms in total. The van der Waals surface area contributed by atoms with Gasteiger partial charge in [0.2, 0.25) is 0 Å². The normalized spacial score (nSPS) is 22.5. The van der Waals surface area contributed by atoms with Crippen molar-refractivity contribution in [3.8, 4) is 0 Å². The molecule has 80 valence electrons. The van der Waals surface area contributed by atoms with Gasteiger partial charge in [0.1, 0.15) is 5.78 Å². The van der Waals surface area contributed by atoms with E-state index in [0.717, 1.165) is 29.8 Å². The van der Waals surface area contributed by atoms with Crippen LogP contribution < -0.4 is 0 Å². The molecule has 0 bridgehead atoms. The highest BCUT2D eigenvalue weighted by molar-refractivity contribution is 6.30. The molecule has 1 fully saturated rings. The lowest BCUT2D eigenvalue weighted by Crippen LogP contribution is -2.10. The summed E-state index contributed by atoms with van der Waals surface area (Å²) < 4.78 is 0. The van der Waals surface area contributed by atoms with Gasteiger partial charge in [0.05, 0.1) is 0 Å². The first-order chi connectivity index (χ1) is 7.27. The summed E-state index contributed by atoms with van der Waals surface area (Å²) in [4.78, 5) is 11.9. The maximum absolute atomic E-state index is 11.9. The minimum absolute atomic E-state index is 0.116. The van der Waals surface area contributed by atoms with Crippen LogP contribution in [0.15, 0.2) is 24.3 Å². The summed E-state index contributed by atoms with van der Waals surface area (Å²) in [6.07, 6.45) is 5.16. The predicted molar refractivity (Wildman–Crippen MR) is 62.3 cm³/mol. The lowest BCUT2D eigenvalue weighted by molar-refractivity contribution is -0.120. The molecule has 1 aromatic rings. The van der Waals surface area contributed by atoms with Crippen LogP contribution in [-0.4, -0.2) is 5.78 Å². The first-order valence-corrected chi connectivity index (χ1v) is 5.93. The highest BCUT2D eigenvalue weighted by Gasteiger charge is 2.21. The van der Waals surface area contributed by atoms with E-state index in [2.05, 4.69) is 0 Å². The fourth-order valence-electron chi connectivity index (χ4n) is 2.21. The lowest BCUT2D eigenvalue weighted by Gasteiger charge is -2.12. The fraction of sp³-hybridized carbons (Fsp3) is 0.462. The van der Waals surface area contributed by atoms with Crippen LogP contribution in [-0.2, 0) is 4.79 Å². The summed E-state index contributed by atoms with van der Waals surface area (Å²) in [5.74, 6) is 0.514. The van der Waals surface area contributed by atoms with Crippen LogP contribution in [0.4, 0.5) is 0 Å². The summed E-state index contributed by atoms with van der Waals surface area (Å²) >= 11 is 5.83. The summed E-state index contributed by atoms with van der Waals surface area (Å²) in [5, 5.41) is 0.736. The number of benzene rings is 1. The van der Waals surface area contributed by atoms with E-state index in [-0.39, 0.29) is 5.92 Å². The number of ketones is 1. The van der Waals surface area contributed by atoms with Crippen LogP contribution in [0, 0.1) is 0 Å². The second-order valence-corrected chi connectivity index (χ2v) is 4.61. The Morgan fingerprint density at radius 1 is 1.07 bits per heavy atom. The number of carbonyl (C=O) groups excluding carboxylic acids is 1. The summed E-state index contributed by atoms with van der Waals surface area (Å²) in [6.45, 7) is 0. The largest absolute Gasteiger partial charge is 0.299 e. The molecule has 1 aliphatic rings. The molecule has 1 aliphatic carbocycles. The first-order valence-electron chi connectivity index (χ1n) is 5.55. The van der Waals surface area contributed by atoms with E-state index in [1.807, 2.05) is 24.3 Å². The van der Waals surface area contributed by atoms with Gasteiger partial charge in [0.25, 0.3) is 0 Å². The van der Waals surface area contributed by atoms with E-state index in [1.165, 1.54) is 12.8 Å². The molecule has 0 aromatic heterocycles. The van der Waals surface area contributed by atoms with Crippen LogP contribution >= 0.6 is 11.6 Å². The Bertz CT molecular complexity index is 342. The Kier molecular flexibility index (Phi) is 3.42. The van der Waals surface area contributed by atoms with Crippen molar-refractivity contribution in [2.24, 2.45) is 0 Å². The quantitative estimate of drug-likeness (QED) is 0.658. The second-order valence-electron chi connectivity index (χ2n) is 4.17. The van der Waals surface area contributed by atoms with Crippen LogP contribution in [0.3, 0.4) is 0 Å². The van der Waals surface area contributed by atoms with Crippen molar-refractivity contribution in [3.63, 3.8) is 0 Å². The van der Waals surface area contributed by atoms with E-state index < -0.39 is 0 Å². The Labute approximate surface area is 95.4 Å². The zero-order valence-electron chi connectivity index (χ0n) is 8.71. The van der Waals surface area contributed by atoms with Crippen LogP contribution in [0.5, 0.6) is 0 Å². The third-order valence-electron chi connectivity index (χ3n) is 3.08. The van der Waals surface area contributed by atoms with Crippen LogP contribution in [0.2, 0.25) is 5.02 Å². The Morgan fingerprint density at radius 3 is 2.53 bits per heavy atom. The number of carbonyl (C=O) groups is 1. The van der Waals surface area contributed by atoms with Crippen molar-refractivity contribution >= 4 is 17.4 Å². The van der Waals surface area contributed by atoms with Crippen molar-refractivity contribution < 1.29 is 4.79 Å². The average molecular weight is 223 g/mol. The predicted octanol–water partition coefficient (Wildman–Crippen LogP) is 3.96. The SMILES string of the molecule is O=C1CCCCCC1c1ccc(Cl)cc1. The molecule has 0 amide bonds. The molecule has 0 radical (unpaired) electrons. The molecule has 0 N–H and O–H groups in total. The number of hydrogen-bond donors (Lipinski definition) is 0. The van der Waals surface area contributed by atoms with Crippen molar-refractivity contribution in [3.05, 3.63) is 34.9 Å². The van der Waals surface area contributed by atoms with E-state index >= 15 is 0 Å². The second kappa shape index (κ2) is 4.80. The minimum atomic E-state index is 0.116. The molecule has 15 heavy (non-hydrogen) atoms. The summed E-state index contributed by atoms with van der Waals surface area (Å²) in [5.41, 5.74) is 1.13. The van der Waals surface area contributed by atoms with Gasteiger partial charge in [0, 0.05) is 17.4 Å².